The highest BCUT2D eigenvalue weighted by Gasteiger charge is 2.74. The molecule has 3 saturated carbocycles. The standard InChI is InChI=1S/C36H46O15/c1-17-28(47-18(2)37)29(48-19(3)38)30(49-20(4)39)31(46-17)50-22-13-26-35(16-45-32(41)51-26)24-6-9-33(5)23(21-12-27(40)44-15-21)8-11-36(33,43)25(24)7-10-34(35,42)14-22/h7,10,12,17,22-26,28-31,42-43H,6,8-9,11,13-16H2,1-5H3/t17-,22-,23+,24-,25+,26+,28-,29+,30+,31-,33+,34-,35-,36-/m0/s1. The lowest BCUT2D eigenvalue weighted by Crippen LogP contribution is -2.74. The van der Waals surface area contributed by atoms with Gasteiger partial charge in [0.2, 0.25) is 0 Å². The lowest BCUT2D eigenvalue weighted by atomic mass is 9.42. The number of rotatable bonds is 6. The van der Waals surface area contributed by atoms with Gasteiger partial charge >= 0.3 is 30.0 Å². The highest BCUT2D eigenvalue weighted by molar-refractivity contribution is 5.85. The molecule has 15 nitrogen and oxygen atoms in total. The highest BCUT2D eigenvalue weighted by atomic mass is 16.7. The van der Waals surface area contributed by atoms with Gasteiger partial charge in [0.05, 0.1) is 28.8 Å². The summed E-state index contributed by atoms with van der Waals surface area (Å²) in [6, 6.07) is 0. The molecular weight excluding hydrogens is 672 g/mol. The maximum atomic E-state index is 12.7. The zero-order chi connectivity index (χ0) is 36.7. The van der Waals surface area contributed by atoms with E-state index in [1.807, 2.05) is 6.08 Å². The molecule has 0 aromatic carbocycles. The molecule has 51 heavy (non-hydrogen) atoms. The maximum Gasteiger partial charge on any atom is 0.508 e. The molecule has 0 amide bonds. The predicted molar refractivity (Wildman–Crippen MR) is 169 cm³/mol. The molecule has 4 aliphatic carbocycles. The highest BCUT2D eigenvalue weighted by Crippen LogP contribution is 2.70. The van der Waals surface area contributed by atoms with Crippen LogP contribution in [0.5, 0.6) is 0 Å². The SMILES string of the molecule is CC(=O)O[C@@H]1[C@@H](OC(C)=O)[C@H](C)O[C@@H](O[C@H]2C[C@H]3OC(=O)OC[C@]34[C@H]3CC[C@]5(C)[C@@H](C6=CC(=O)OC6)CC[C@]5(O)[C@@H]3C=C[C@]4(O)C2)[C@@H]1OC(C)=O. The van der Waals surface area contributed by atoms with Crippen LogP contribution < -0.4 is 0 Å². The fourth-order valence-electron chi connectivity index (χ4n) is 10.8. The van der Waals surface area contributed by atoms with Crippen molar-refractivity contribution in [2.45, 2.75) is 127 Å². The van der Waals surface area contributed by atoms with Gasteiger partial charge in [-0.25, -0.2) is 9.59 Å². The molecule has 0 radical (unpaired) electrons. The summed E-state index contributed by atoms with van der Waals surface area (Å²) in [6.07, 6.45) is -1.07. The number of carbonyl (C=O) groups is 5. The Bertz CT molecular complexity index is 1560. The van der Waals surface area contributed by atoms with E-state index in [4.69, 9.17) is 37.9 Å². The maximum absolute atomic E-state index is 12.7. The second kappa shape index (κ2) is 12.6. The molecule has 15 heteroatoms. The van der Waals surface area contributed by atoms with Gasteiger partial charge in [-0.3, -0.25) is 14.4 Å². The Labute approximate surface area is 294 Å². The predicted octanol–water partition coefficient (Wildman–Crippen LogP) is 2.18. The molecule has 14 atom stereocenters. The number of carbonyl (C=O) groups excluding carboxylic acids is 5. The first-order valence-electron chi connectivity index (χ1n) is 17.7. The summed E-state index contributed by atoms with van der Waals surface area (Å²) in [5.41, 5.74) is -3.65. The molecule has 7 aliphatic rings. The van der Waals surface area contributed by atoms with Crippen LogP contribution in [0.3, 0.4) is 0 Å². The minimum atomic E-state index is -1.63. The first-order chi connectivity index (χ1) is 24.0. The second-order valence-corrected chi connectivity index (χ2v) is 15.5. The third-order valence-electron chi connectivity index (χ3n) is 12.9. The molecule has 2 N–H and O–H groups in total. The van der Waals surface area contributed by atoms with Gasteiger partial charge in [0, 0.05) is 51.0 Å². The monoisotopic (exact) mass is 718 g/mol. The van der Waals surface area contributed by atoms with Crippen LogP contribution in [-0.2, 0) is 57.1 Å². The van der Waals surface area contributed by atoms with Gasteiger partial charge in [-0.1, -0.05) is 19.1 Å². The molecule has 7 rings (SSSR count). The lowest BCUT2D eigenvalue weighted by molar-refractivity contribution is -0.330. The summed E-state index contributed by atoms with van der Waals surface area (Å²) in [7, 11) is 0. The number of fused-ring (bicyclic) bond motifs is 3. The topological polar surface area (TPSA) is 200 Å². The molecule has 0 aromatic rings. The van der Waals surface area contributed by atoms with Crippen LogP contribution in [-0.4, -0.2) is 108 Å². The lowest BCUT2D eigenvalue weighted by Gasteiger charge is -2.66. The Morgan fingerprint density at radius 3 is 2.27 bits per heavy atom. The summed E-state index contributed by atoms with van der Waals surface area (Å²) < 4.78 is 45.7. The van der Waals surface area contributed by atoms with Crippen molar-refractivity contribution in [3.8, 4) is 0 Å². The van der Waals surface area contributed by atoms with Crippen molar-refractivity contribution in [2.24, 2.45) is 28.6 Å². The third kappa shape index (κ3) is 5.57. The molecule has 3 aliphatic heterocycles. The van der Waals surface area contributed by atoms with Gasteiger partial charge in [0.1, 0.15) is 19.3 Å². The minimum Gasteiger partial charge on any atom is -0.458 e. The van der Waals surface area contributed by atoms with E-state index in [9.17, 15) is 34.2 Å². The Morgan fingerprint density at radius 1 is 0.922 bits per heavy atom. The average molecular weight is 719 g/mol. The second-order valence-electron chi connectivity index (χ2n) is 15.5. The fraction of sp³-hybridized carbons (Fsp3) is 0.750. The van der Waals surface area contributed by atoms with Crippen LogP contribution in [0.25, 0.3) is 0 Å². The summed E-state index contributed by atoms with van der Waals surface area (Å²) in [4.78, 5) is 61.1. The minimum absolute atomic E-state index is 0.00142. The molecular formula is C36H46O15. The van der Waals surface area contributed by atoms with Crippen LogP contribution in [0.2, 0.25) is 0 Å². The zero-order valence-electron chi connectivity index (χ0n) is 29.4. The molecule has 280 valence electrons. The van der Waals surface area contributed by atoms with Crippen molar-refractivity contribution in [3.63, 3.8) is 0 Å². The van der Waals surface area contributed by atoms with Crippen molar-refractivity contribution in [1.82, 2.24) is 0 Å². The normalized spacial score (nSPS) is 46.8. The van der Waals surface area contributed by atoms with E-state index in [1.54, 1.807) is 19.1 Å². The number of ether oxygens (including phenoxy) is 8. The zero-order valence-corrected chi connectivity index (χ0v) is 29.4. The van der Waals surface area contributed by atoms with Gasteiger partial charge in [-0.2, -0.15) is 0 Å². The molecule has 2 saturated heterocycles. The Balaban J connectivity index is 1.20. The van der Waals surface area contributed by atoms with Crippen LogP contribution in [0, 0.1) is 28.6 Å². The van der Waals surface area contributed by atoms with Crippen molar-refractivity contribution < 1.29 is 72.1 Å². The van der Waals surface area contributed by atoms with Gasteiger partial charge < -0.3 is 48.1 Å². The van der Waals surface area contributed by atoms with Crippen molar-refractivity contribution in [3.05, 3.63) is 23.8 Å². The number of aliphatic hydroxyl groups is 2. The smallest absolute Gasteiger partial charge is 0.458 e. The largest absolute Gasteiger partial charge is 0.508 e. The van der Waals surface area contributed by atoms with Gasteiger partial charge in [0.15, 0.2) is 24.6 Å². The van der Waals surface area contributed by atoms with E-state index in [1.165, 1.54) is 13.8 Å². The molecule has 1 spiro atoms. The first kappa shape index (κ1) is 35.9. The number of hydrogen-bond acceptors (Lipinski definition) is 15. The Hall–Kier alpha value is -3.53. The molecule has 0 bridgehead atoms. The first-order valence-corrected chi connectivity index (χ1v) is 17.7. The van der Waals surface area contributed by atoms with E-state index in [-0.39, 0.29) is 43.9 Å². The van der Waals surface area contributed by atoms with E-state index in [0.29, 0.717) is 25.7 Å². The van der Waals surface area contributed by atoms with Gasteiger partial charge in [0.25, 0.3) is 0 Å². The quantitative estimate of drug-likeness (QED) is 0.230. The van der Waals surface area contributed by atoms with Gasteiger partial charge in [-0.05, 0) is 50.0 Å². The van der Waals surface area contributed by atoms with Crippen molar-refractivity contribution in [2.75, 3.05) is 13.2 Å². The number of hydrogen-bond donors (Lipinski definition) is 2. The summed E-state index contributed by atoms with van der Waals surface area (Å²) >= 11 is 0. The summed E-state index contributed by atoms with van der Waals surface area (Å²) in [6.45, 7) is 7.25. The van der Waals surface area contributed by atoms with E-state index in [2.05, 4.69) is 6.92 Å². The molecule has 3 heterocycles. The average Bonchev–Trinajstić information content (AvgIpc) is 3.58. The number of cyclic esters (lactones) is 2. The van der Waals surface area contributed by atoms with E-state index in [0.717, 1.165) is 12.5 Å². The summed E-state index contributed by atoms with van der Waals surface area (Å²) in [5, 5.41) is 25.3. The van der Waals surface area contributed by atoms with Crippen LogP contribution >= 0.6 is 0 Å². The van der Waals surface area contributed by atoms with Gasteiger partial charge in [-0.15, -0.1) is 0 Å². The molecule has 0 unspecified atom stereocenters. The van der Waals surface area contributed by atoms with E-state index < -0.39 is 94.9 Å². The number of esters is 4. The van der Waals surface area contributed by atoms with Crippen molar-refractivity contribution >= 4 is 30.0 Å². The van der Waals surface area contributed by atoms with Crippen molar-refractivity contribution in [1.29, 1.82) is 0 Å². The van der Waals surface area contributed by atoms with Crippen LogP contribution in [0.15, 0.2) is 23.8 Å². The molecule has 0 aromatic heterocycles. The summed E-state index contributed by atoms with van der Waals surface area (Å²) in [5.74, 6) is -3.30. The third-order valence-corrected chi connectivity index (χ3v) is 12.9. The van der Waals surface area contributed by atoms with Crippen LogP contribution in [0.1, 0.15) is 73.1 Å². The molecule has 5 fully saturated rings. The van der Waals surface area contributed by atoms with Crippen LogP contribution in [0.4, 0.5) is 4.79 Å². The Morgan fingerprint density at radius 2 is 1.61 bits per heavy atom. The van der Waals surface area contributed by atoms with E-state index >= 15 is 0 Å². The fourth-order valence-corrected chi connectivity index (χ4v) is 10.8. The Kier molecular flexibility index (Phi) is 8.83.